The van der Waals surface area contributed by atoms with Gasteiger partial charge in [0.25, 0.3) is 0 Å². The van der Waals surface area contributed by atoms with Crippen LogP contribution in [0.2, 0.25) is 0 Å². The number of rotatable bonds is 3. The molecule has 2 heterocycles. The number of hydrogen-bond donors (Lipinski definition) is 1. The zero-order valence-electron chi connectivity index (χ0n) is 24.5. The predicted octanol–water partition coefficient (Wildman–Crippen LogP) is 4.97. The fourth-order valence-electron chi connectivity index (χ4n) is 5.79. The third-order valence-electron chi connectivity index (χ3n) is 8.18. The van der Waals surface area contributed by atoms with Crippen molar-refractivity contribution in [2.24, 2.45) is 5.41 Å². The minimum absolute atomic E-state index is 0.152. The van der Waals surface area contributed by atoms with Crippen LogP contribution in [0, 0.1) is 5.41 Å². The number of nitrogens with one attached hydrogen (secondary N) is 1. The summed E-state index contributed by atoms with van der Waals surface area (Å²) in [5.41, 5.74) is 0.322. The largest absolute Gasteiger partial charge is 0.496 e. The van der Waals surface area contributed by atoms with Gasteiger partial charge < -0.3 is 24.4 Å². The van der Waals surface area contributed by atoms with Gasteiger partial charge in [0.05, 0.1) is 20.8 Å². The quantitative estimate of drug-likeness (QED) is 0.543. The Balaban J connectivity index is 1.85. The van der Waals surface area contributed by atoms with Crippen molar-refractivity contribution >= 4 is 34.6 Å². The van der Waals surface area contributed by atoms with Crippen LogP contribution in [0.3, 0.4) is 0 Å². The van der Waals surface area contributed by atoms with Crippen LogP contribution in [0.5, 0.6) is 5.75 Å². The number of hydrogen-bond acceptors (Lipinski definition) is 6. The smallest absolute Gasteiger partial charge is 0.328 e. The molecule has 1 fully saturated rings. The van der Waals surface area contributed by atoms with Crippen LogP contribution >= 0.6 is 0 Å². The second-order valence-corrected chi connectivity index (χ2v) is 11.9. The van der Waals surface area contributed by atoms with E-state index in [1.165, 1.54) is 12.0 Å². The molecule has 216 valence electrons. The van der Waals surface area contributed by atoms with Gasteiger partial charge in [-0.05, 0) is 59.2 Å². The molecule has 1 saturated heterocycles. The lowest BCUT2D eigenvalue weighted by atomic mass is 9.85. The van der Waals surface area contributed by atoms with E-state index in [1.807, 2.05) is 39.0 Å². The number of fused-ring (bicyclic) bond motifs is 5. The molecule has 2 aliphatic heterocycles. The van der Waals surface area contributed by atoms with Gasteiger partial charge in [-0.15, -0.1) is 0 Å². The summed E-state index contributed by atoms with van der Waals surface area (Å²) >= 11 is 0. The Labute approximate surface area is 237 Å². The highest BCUT2D eigenvalue weighted by Crippen LogP contribution is 2.42. The Morgan fingerprint density at radius 3 is 2.48 bits per heavy atom. The first kappa shape index (κ1) is 29.6. The molecule has 3 atom stereocenters. The van der Waals surface area contributed by atoms with E-state index in [2.05, 4.69) is 29.6 Å². The summed E-state index contributed by atoms with van der Waals surface area (Å²) in [7, 11) is 4.59. The Morgan fingerprint density at radius 1 is 1.02 bits per heavy atom. The van der Waals surface area contributed by atoms with Crippen molar-refractivity contribution in [3.05, 3.63) is 47.5 Å². The van der Waals surface area contributed by atoms with Crippen LogP contribution in [0.25, 0.3) is 16.8 Å². The summed E-state index contributed by atoms with van der Waals surface area (Å²) in [6.07, 6.45) is 8.27. The maximum atomic E-state index is 14.1. The van der Waals surface area contributed by atoms with Crippen LogP contribution in [-0.2, 0) is 29.5 Å². The first-order valence-electron chi connectivity index (χ1n) is 14.0. The summed E-state index contributed by atoms with van der Waals surface area (Å²) in [5, 5.41) is 5.00. The van der Waals surface area contributed by atoms with E-state index >= 15 is 0 Å². The molecule has 5 bridgehead atoms. The van der Waals surface area contributed by atoms with Crippen LogP contribution in [0.15, 0.2) is 36.4 Å². The number of allylic oxidation sites excluding steroid dienone is 1. The lowest BCUT2D eigenvalue weighted by Gasteiger charge is -2.35. The maximum absolute atomic E-state index is 14.1. The first-order valence-corrected chi connectivity index (χ1v) is 14.0. The van der Waals surface area contributed by atoms with Crippen molar-refractivity contribution in [3.63, 3.8) is 0 Å². The number of amides is 2. The molecule has 0 radical (unpaired) electrons. The Morgan fingerprint density at radius 2 is 1.80 bits per heavy atom. The molecule has 2 aromatic carbocycles. The number of esters is 1. The molecule has 0 spiro atoms. The van der Waals surface area contributed by atoms with Crippen molar-refractivity contribution in [1.29, 1.82) is 0 Å². The summed E-state index contributed by atoms with van der Waals surface area (Å²) < 4.78 is 16.9. The minimum atomic E-state index is -0.937. The number of nitrogens with zero attached hydrogens (tertiary/aromatic N) is 1. The first-order chi connectivity index (χ1) is 19.0. The van der Waals surface area contributed by atoms with Crippen molar-refractivity contribution in [2.75, 3.05) is 27.9 Å². The Hall–Kier alpha value is -3.39. The summed E-state index contributed by atoms with van der Waals surface area (Å²) in [5.74, 6) is -0.201. The summed E-state index contributed by atoms with van der Waals surface area (Å²) in [6, 6.07) is 8.52. The van der Waals surface area contributed by atoms with Gasteiger partial charge in [-0.2, -0.15) is 0 Å². The zero-order chi connectivity index (χ0) is 29.1. The Bertz CT molecular complexity index is 1300. The van der Waals surface area contributed by atoms with E-state index in [9.17, 15) is 14.4 Å². The van der Waals surface area contributed by atoms with Gasteiger partial charge in [0.1, 0.15) is 23.4 Å². The highest BCUT2D eigenvalue weighted by molar-refractivity contribution is 5.92. The molecule has 8 nitrogen and oxygen atoms in total. The topological polar surface area (TPSA) is 94.2 Å². The highest BCUT2D eigenvalue weighted by atomic mass is 16.5. The highest BCUT2D eigenvalue weighted by Gasteiger charge is 2.53. The molecule has 2 aliphatic rings. The average Bonchev–Trinajstić information content (AvgIpc) is 3.34. The number of benzene rings is 2. The lowest BCUT2D eigenvalue weighted by molar-refractivity contribution is -0.153. The summed E-state index contributed by atoms with van der Waals surface area (Å²) in [4.78, 5) is 41.6. The van der Waals surface area contributed by atoms with Crippen LogP contribution in [0.4, 0.5) is 0 Å². The van der Waals surface area contributed by atoms with E-state index < -0.39 is 29.1 Å². The molecule has 0 unspecified atom stereocenters. The van der Waals surface area contributed by atoms with Gasteiger partial charge in [-0.3, -0.25) is 9.59 Å². The molecule has 0 aromatic heterocycles. The van der Waals surface area contributed by atoms with Gasteiger partial charge in [0, 0.05) is 25.5 Å². The van der Waals surface area contributed by atoms with Gasteiger partial charge in [-0.1, -0.05) is 51.5 Å². The lowest BCUT2D eigenvalue weighted by Crippen LogP contribution is -2.57. The SMILES string of the molecule is COC(=O)[C@@H]1C[C@]2(OC)CN1C(=O)[C@H](C(C)(C)C)NC(=O)CCCCCC=Cc1cc3cc2ccc3cc1OC. The normalized spacial score (nSPS) is 24.5. The molecular formula is C32H42N2O6. The van der Waals surface area contributed by atoms with E-state index in [4.69, 9.17) is 14.2 Å². The number of carbonyl (C=O) groups is 3. The zero-order valence-corrected chi connectivity index (χ0v) is 24.5. The fraction of sp³-hybridized carbons (Fsp3) is 0.531. The van der Waals surface area contributed by atoms with Gasteiger partial charge >= 0.3 is 5.97 Å². The molecule has 40 heavy (non-hydrogen) atoms. The van der Waals surface area contributed by atoms with Crippen molar-refractivity contribution in [2.45, 2.75) is 77.0 Å². The molecule has 4 rings (SSSR count). The average molecular weight is 551 g/mol. The molecule has 8 heteroatoms. The van der Waals surface area contributed by atoms with Gasteiger partial charge in [0.15, 0.2) is 0 Å². The summed E-state index contributed by atoms with van der Waals surface area (Å²) in [6.45, 7) is 5.90. The Kier molecular flexibility index (Phi) is 8.88. The van der Waals surface area contributed by atoms with Crippen molar-refractivity contribution < 1.29 is 28.6 Å². The van der Waals surface area contributed by atoms with Crippen molar-refractivity contribution in [1.82, 2.24) is 10.2 Å². The van der Waals surface area contributed by atoms with E-state index in [0.29, 0.717) is 6.42 Å². The molecule has 2 amide bonds. The number of carbonyl (C=O) groups excluding carboxylic acids is 3. The van der Waals surface area contributed by atoms with E-state index in [0.717, 1.165) is 53.3 Å². The predicted molar refractivity (Wildman–Crippen MR) is 155 cm³/mol. The minimum Gasteiger partial charge on any atom is -0.496 e. The molecular weight excluding hydrogens is 508 g/mol. The second kappa shape index (κ2) is 12.0. The third kappa shape index (κ3) is 6.02. The van der Waals surface area contributed by atoms with Crippen LogP contribution in [-0.4, -0.2) is 62.6 Å². The van der Waals surface area contributed by atoms with E-state index in [1.54, 1.807) is 14.2 Å². The molecule has 0 aliphatic carbocycles. The molecule has 2 aromatic rings. The maximum Gasteiger partial charge on any atom is 0.328 e. The molecule has 0 saturated carbocycles. The number of ether oxygens (including phenoxy) is 3. The van der Waals surface area contributed by atoms with Crippen LogP contribution < -0.4 is 10.1 Å². The monoisotopic (exact) mass is 550 g/mol. The van der Waals surface area contributed by atoms with E-state index in [-0.39, 0.29) is 24.8 Å². The third-order valence-corrected chi connectivity index (χ3v) is 8.18. The van der Waals surface area contributed by atoms with Gasteiger partial charge in [0.2, 0.25) is 11.8 Å². The van der Waals surface area contributed by atoms with Crippen LogP contribution in [0.1, 0.15) is 70.4 Å². The van der Waals surface area contributed by atoms with Gasteiger partial charge in [-0.25, -0.2) is 4.79 Å². The fourth-order valence-corrected chi connectivity index (χ4v) is 5.79. The molecule has 1 N–H and O–H groups in total. The van der Waals surface area contributed by atoms with Crippen molar-refractivity contribution in [3.8, 4) is 5.75 Å². The standard InChI is InChI=1S/C32H42N2O6/c1-31(2,3)28-29(36)34-20-32(40-6,19-25(34)30(37)39-5)24-15-14-21-18-26(38-4)22(16-23(21)17-24)12-10-8-7-9-11-13-27(35)33-28/h10,12,14-18,25,28H,7-9,11,13,19-20H2,1-6H3,(H,33,35)/t25-,28+,32-/m0/s1. The second-order valence-electron chi connectivity index (χ2n) is 11.9. The number of methoxy groups -OCH3 is 3.